The van der Waals surface area contributed by atoms with Gasteiger partial charge in [0.05, 0.1) is 0 Å². The molecule has 0 radical (unpaired) electrons. The molecule has 0 bridgehead atoms. The lowest BCUT2D eigenvalue weighted by molar-refractivity contribution is 0.435. The van der Waals surface area contributed by atoms with Gasteiger partial charge in [0, 0.05) is 34.9 Å². The van der Waals surface area contributed by atoms with E-state index in [1.807, 2.05) is 25.9 Å². The Morgan fingerprint density at radius 3 is 2.45 bits per heavy atom. The van der Waals surface area contributed by atoms with Gasteiger partial charge in [0.15, 0.2) is 0 Å². The van der Waals surface area contributed by atoms with Crippen molar-refractivity contribution in [1.29, 1.82) is 0 Å². The van der Waals surface area contributed by atoms with Crippen molar-refractivity contribution in [2.75, 3.05) is 32.9 Å². The number of nitrogens with two attached hydrogens (primary N) is 1. The van der Waals surface area contributed by atoms with Crippen LogP contribution in [0.3, 0.4) is 0 Å². The molecule has 3 nitrogen and oxygen atoms in total. The van der Waals surface area contributed by atoms with Gasteiger partial charge in [0.1, 0.15) is 0 Å². The molecule has 0 saturated carbocycles. The fraction of sp³-hybridized carbons (Fsp3) is 1.00. The van der Waals surface area contributed by atoms with Gasteiger partial charge in [0.2, 0.25) is 0 Å². The van der Waals surface area contributed by atoms with Crippen LogP contribution in [0.25, 0.3) is 0 Å². The van der Waals surface area contributed by atoms with Crippen molar-refractivity contribution < 1.29 is 4.21 Å². The van der Waals surface area contributed by atoms with Gasteiger partial charge < -0.3 is 10.6 Å². The minimum atomic E-state index is -0.752. The summed E-state index contributed by atoms with van der Waals surface area (Å²) in [6.07, 6.45) is 0. The predicted molar refractivity (Wildman–Crippen MR) is 50.1 cm³/mol. The fourth-order valence-corrected chi connectivity index (χ4v) is 1.74. The summed E-state index contributed by atoms with van der Waals surface area (Å²) in [5.41, 5.74) is 5.37. The van der Waals surface area contributed by atoms with Crippen molar-refractivity contribution >= 4 is 10.8 Å². The zero-order valence-electron chi connectivity index (χ0n) is 7.54. The first-order valence-electron chi connectivity index (χ1n) is 3.80. The van der Waals surface area contributed by atoms with E-state index in [0.29, 0.717) is 6.54 Å². The van der Waals surface area contributed by atoms with Crippen LogP contribution >= 0.6 is 0 Å². The number of nitrogens with zero attached hydrogens (tertiary/aromatic N) is 1. The maximum Gasteiger partial charge on any atom is 0.0442 e. The molecule has 0 heterocycles. The van der Waals surface area contributed by atoms with Crippen molar-refractivity contribution in [2.45, 2.75) is 12.2 Å². The quantitative estimate of drug-likeness (QED) is 0.625. The van der Waals surface area contributed by atoms with Gasteiger partial charge in [-0.2, -0.15) is 0 Å². The highest BCUT2D eigenvalue weighted by Gasteiger charge is 2.08. The minimum Gasteiger partial charge on any atom is -0.329 e. The molecule has 0 amide bonds. The molecule has 2 unspecified atom stereocenters. The second-order valence-electron chi connectivity index (χ2n) is 2.93. The summed E-state index contributed by atoms with van der Waals surface area (Å²) >= 11 is 0. The maximum absolute atomic E-state index is 11.3. The van der Waals surface area contributed by atoms with Gasteiger partial charge in [-0.3, -0.25) is 4.21 Å². The highest BCUT2D eigenvalue weighted by atomic mass is 32.2. The van der Waals surface area contributed by atoms with Gasteiger partial charge in [-0.15, -0.1) is 0 Å². The van der Waals surface area contributed by atoms with Crippen LogP contribution in [0.1, 0.15) is 6.92 Å². The van der Waals surface area contributed by atoms with Crippen molar-refractivity contribution in [3.05, 3.63) is 0 Å². The molecule has 0 fully saturated rings. The number of rotatable bonds is 5. The van der Waals surface area contributed by atoms with Crippen LogP contribution in [-0.2, 0) is 10.8 Å². The van der Waals surface area contributed by atoms with Crippen LogP contribution in [-0.4, -0.2) is 47.3 Å². The van der Waals surface area contributed by atoms with Crippen molar-refractivity contribution in [2.24, 2.45) is 5.73 Å². The molecule has 0 aliphatic carbocycles. The molecular weight excluding hydrogens is 160 g/mol. The average Bonchev–Trinajstić information content (AvgIpc) is 1.98. The second kappa shape index (κ2) is 5.69. The lowest BCUT2D eigenvalue weighted by Crippen LogP contribution is -2.28. The number of hydrogen-bond donors (Lipinski definition) is 1. The van der Waals surface area contributed by atoms with Crippen LogP contribution in [0.15, 0.2) is 0 Å². The van der Waals surface area contributed by atoms with E-state index in [0.717, 1.165) is 12.3 Å². The Labute approximate surface area is 71.4 Å². The highest BCUT2D eigenvalue weighted by molar-refractivity contribution is 7.85. The van der Waals surface area contributed by atoms with E-state index in [-0.39, 0.29) is 5.25 Å². The van der Waals surface area contributed by atoms with Crippen LogP contribution in [0.2, 0.25) is 0 Å². The zero-order valence-corrected chi connectivity index (χ0v) is 8.36. The lowest BCUT2D eigenvalue weighted by atomic mass is 10.5. The summed E-state index contributed by atoms with van der Waals surface area (Å²) in [6, 6.07) is 0. The van der Waals surface area contributed by atoms with Gasteiger partial charge in [-0.1, -0.05) is 0 Å². The Balaban J connectivity index is 3.52. The van der Waals surface area contributed by atoms with E-state index in [9.17, 15) is 4.21 Å². The van der Waals surface area contributed by atoms with Crippen molar-refractivity contribution in [1.82, 2.24) is 4.90 Å². The Hall–Kier alpha value is 0.0700. The van der Waals surface area contributed by atoms with Gasteiger partial charge in [-0.05, 0) is 21.0 Å². The van der Waals surface area contributed by atoms with E-state index < -0.39 is 10.8 Å². The standard InChI is InChI=1S/C7H18N2OS/c1-7(6-8)11(10)5-4-9(2)3/h7H,4-6,8H2,1-3H3. The SMILES string of the molecule is CC(CN)S(=O)CCN(C)C. The summed E-state index contributed by atoms with van der Waals surface area (Å²) in [7, 11) is 3.20. The van der Waals surface area contributed by atoms with E-state index in [4.69, 9.17) is 5.73 Å². The van der Waals surface area contributed by atoms with E-state index in [2.05, 4.69) is 0 Å². The third-order valence-corrected chi connectivity index (χ3v) is 3.20. The summed E-state index contributed by atoms with van der Waals surface area (Å²) in [5, 5.41) is 0.134. The molecule has 0 spiro atoms. The molecule has 0 aliphatic heterocycles. The lowest BCUT2D eigenvalue weighted by Gasteiger charge is -2.11. The van der Waals surface area contributed by atoms with E-state index in [1.54, 1.807) is 0 Å². The monoisotopic (exact) mass is 178 g/mol. The van der Waals surface area contributed by atoms with E-state index >= 15 is 0 Å². The first kappa shape index (κ1) is 11.1. The third-order valence-electron chi connectivity index (χ3n) is 1.52. The normalized spacial score (nSPS) is 16.8. The average molecular weight is 178 g/mol. The Bertz CT molecular complexity index is 128. The molecule has 2 N–H and O–H groups in total. The third kappa shape index (κ3) is 5.35. The van der Waals surface area contributed by atoms with Gasteiger partial charge >= 0.3 is 0 Å². The minimum absolute atomic E-state index is 0.134. The fourth-order valence-electron chi connectivity index (χ4n) is 0.581. The second-order valence-corrected chi connectivity index (χ2v) is 4.91. The largest absolute Gasteiger partial charge is 0.329 e. The molecule has 0 aliphatic rings. The zero-order chi connectivity index (χ0) is 8.85. The van der Waals surface area contributed by atoms with Crippen LogP contribution in [0.4, 0.5) is 0 Å². The summed E-state index contributed by atoms with van der Waals surface area (Å²) in [5.74, 6) is 0.728. The predicted octanol–water partition coefficient (Wildman–Crippen LogP) is -0.356. The Morgan fingerprint density at radius 1 is 1.55 bits per heavy atom. The Morgan fingerprint density at radius 2 is 2.09 bits per heavy atom. The topological polar surface area (TPSA) is 46.3 Å². The molecule has 0 aromatic rings. The first-order valence-corrected chi connectivity index (χ1v) is 5.18. The molecule has 0 saturated heterocycles. The highest BCUT2D eigenvalue weighted by Crippen LogP contribution is 1.93. The van der Waals surface area contributed by atoms with Crippen LogP contribution in [0, 0.1) is 0 Å². The molecule has 68 valence electrons. The smallest absolute Gasteiger partial charge is 0.0442 e. The summed E-state index contributed by atoms with van der Waals surface area (Å²) in [4.78, 5) is 2.03. The van der Waals surface area contributed by atoms with Crippen molar-refractivity contribution in [3.8, 4) is 0 Å². The summed E-state index contributed by atoms with van der Waals surface area (Å²) in [6.45, 7) is 3.31. The molecule has 11 heavy (non-hydrogen) atoms. The maximum atomic E-state index is 11.3. The first-order chi connectivity index (χ1) is 5.07. The van der Waals surface area contributed by atoms with E-state index in [1.165, 1.54) is 0 Å². The Kier molecular flexibility index (Phi) is 5.72. The molecule has 0 aromatic carbocycles. The van der Waals surface area contributed by atoms with Gasteiger partial charge in [0.25, 0.3) is 0 Å². The molecule has 0 aromatic heterocycles. The molecular formula is C7H18N2OS. The van der Waals surface area contributed by atoms with Gasteiger partial charge in [-0.25, -0.2) is 0 Å². The molecule has 0 rings (SSSR count). The number of hydrogen-bond acceptors (Lipinski definition) is 3. The van der Waals surface area contributed by atoms with Crippen LogP contribution < -0.4 is 5.73 Å². The molecule has 2 atom stereocenters. The van der Waals surface area contributed by atoms with Crippen LogP contribution in [0.5, 0.6) is 0 Å². The van der Waals surface area contributed by atoms with Crippen molar-refractivity contribution in [3.63, 3.8) is 0 Å². The summed E-state index contributed by atoms with van der Waals surface area (Å²) < 4.78 is 11.3. The molecule has 4 heteroatoms.